The zero-order chi connectivity index (χ0) is 17.8. The largest absolute Gasteiger partial charge is 0.327 e. The lowest BCUT2D eigenvalue weighted by molar-refractivity contribution is 0.331. The van der Waals surface area contributed by atoms with E-state index in [0.717, 1.165) is 33.8 Å². The molecule has 0 radical (unpaired) electrons. The van der Waals surface area contributed by atoms with Gasteiger partial charge in [-0.3, -0.25) is 9.67 Å². The second-order valence-electron chi connectivity index (χ2n) is 6.87. The Hall–Kier alpha value is -2.34. The van der Waals surface area contributed by atoms with Crippen molar-refractivity contribution in [1.29, 1.82) is 0 Å². The third-order valence-corrected chi connectivity index (χ3v) is 4.80. The standard InChI is InChI=1S/C12H11N5.C7H15N/c1-8-14-4-9-3-13-6-11(12(9)16-8)10-5-15-17(2)7-10;1-6-4-2-3-5-7(6)8/h3-7H,1-2H3;6-7H,2-5,8H2,1H3. The number of aryl methyl sites for hydroxylation is 2. The van der Waals surface area contributed by atoms with Gasteiger partial charge in [0.1, 0.15) is 5.82 Å². The second-order valence-corrected chi connectivity index (χ2v) is 6.87. The number of pyridine rings is 1. The lowest BCUT2D eigenvalue weighted by Gasteiger charge is -2.24. The molecular formula is C19H26N6. The number of nitrogens with two attached hydrogens (primary N) is 1. The normalized spacial score (nSPS) is 20.2. The van der Waals surface area contributed by atoms with Gasteiger partial charge in [-0.2, -0.15) is 5.10 Å². The Morgan fingerprint density at radius 1 is 1.12 bits per heavy atom. The van der Waals surface area contributed by atoms with Crippen LogP contribution in [0.4, 0.5) is 0 Å². The maximum Gasteiger partial charge on any atom is 0.125 e. The molecule has 0 saturated heterocycles. The summed E-state index contributed by atoms with van der Waals surface area (Å²) in [7, 11) is 1.89. The third kappa shape index (κ3) is 4.20. The predicted molar refractivity (Wildman–Crippen MR) is 99.9 cm³/mol. The lowest BCUT2D eigenvalue weighted by Crippen LogP contribution is -2.30. The van der Waals surface area contributed by atoms with Crippen molar-refractivity contribution in [3.63, 3.8) is 0 Å². The molecule has 1 aliphatic carbocycles. The summed E-state index contributed by atoms with van der Waals surface area (Å²) in [6.07, 6.45) is 14.5. The summed E-state index contributed by atoms with van der Waals surface area (Å²) in [6, 6.07) is 0.503. The van der Waals surface area contributed by atoms with E-state index >= 15 is 0 Å². The van der Waals surface area contributed by atoms with Crippen LogP contribution in [0.15, 0.2) is 31.0 Å². The molecule has 1 saturated carbocycles. The van der Waals surface area contributed by atoms with Crippen molar-refractivity contribution in [3.05, 3.63) is 36.8 Å². The summed E-state index contributed by atoms with van der Waals surface area (Å²) in [5.74, 6) is 1.54. The van der Waals surface area contributed by atoms with Gasteiger partial charge in [-0.1, -0.05) is 19.8 Å². The highest BCUT2D eigenvalue weighted by molar-refractivity contribution is 5.91. The molecule has 1 fully saturated rings. The quantitative estimate of drug-likeness (QED) is 0.736. The molecule has 0 bridgehead atoms. The minimum atomic E-state index is 0.503. The molecule has 132 valence electrons. The van der Waals surface area contributed by atoms with Crippen LogP contribution in [0, 0.1) is 12.8 Å². The van der Waals surface area contributed by atoms with Crippen molar-refractivity contribution in [3.8, 4) is 11.1 Å². The lowest BCUT2D eigenvalue weighted by atomic mass is 9.87. The van der Waals surface area contributed by atoms with E-state index in [2.05, 4.69) is 27.0 Å². The summed E-state index contributed by atoms with van der Waals surface area (Å²) in [6.45, 7) is 4.14. The van der Waals surface area contributed by atoms with E-state index in [0.29, 0.717) is 6.04 Å². The van der Waals surface area contributed by atoms with Gasteiger partial charge in [0.05, 0.1) is 11.7 Å². The fourth-order valence-electron chi connectivity index (χ4n) is 3.16. The van der Waals surface area contributed by atoms with Gasteiger partial charge in [0.2, 0.25) is 0 Å². The first-order valence-corrected chi connectivity index (χ1v) is 8.86. The van der Waals surface area contributed by atoms with Crippen molar-refractivity contribution in [2.24, 2.45) is 18.7 Å². The summed E-state index contributed by atoms with van der Waals surface area (Å²) in [4.78, 5) is 12.9. The van der Waals surface area contributed by atoms with Crippen LogP contribution < -0.4 is 5.73 Å². The maximum absolute atomic E-state index is 5.78. The van der Waals surface area contributed by atoms with Gasteiger partial charge in [0, 0.05) is 54.4 Å². The molecule has 0 aliphatic heterocycles. The Balaban J connectivity index is 0.000000192. The molecule has 0 spiro atoms. The van der Waals surface area contributed by atoms with Gasteiger partial charge in [0.15, 0.2) is 0 Å². The number of hydrogen-bond acceptors (Lipinski definition) is 5. The van der Waals surface area contributed by atoms with Gasteiger partial charge in [-0.25, -0.2) is 9.97 Å². The number of nitrogens with zero attached hydrogens (tertiary/aromatic N) is 5. The highest BCUT2D eigenvalue weighted by Gasteiger charge is 2.16. The van der Waals surface area contributed by atoms with Gasteiger partial charge in [-0.05, 0) is 25.7 Å². The number of hydrogen-bond donors (Lipinski definition) is 1. The van der Waals surface area contributed by atoms with E-state index in [9.17, 15) is 0 Å². The first-order chi connectivity index (χ1) is 12.0. The Bertz CT molecular complexity index is 831. The summed E-state index contributed by atoms with van der Waals surface area (Å²) in [5, 5.41) is 5.11. The van der Waals surface area contributed by atoms with Crippen LogP contribution in [0.5, 0.6) is 0 Å². The van der Waals surface area contributed by atoms with Gasteiger partial charge in [-0.15, -0.1) is 0 Å². The van der Waals surface area contributed by atoms with Crippen molar-refractivity contribution < 1.29 is 0 Å². The summed E-state index contributed by atoms with van der Waals surface area (Å²) >= 11 is 0. The molecule has 3 aromatic heterocycles. The maximum atomic E-state index is 5.78. The smallest absolute Gasteiger partial charge is 0.125 e. The molecule has 4 rings (SSSR count). The Kier molecular flexibility index (Phi) is 5.38. The van der Waals surface area contributed by atoms with E-state index in [-0.39, 0.29) is 0 Å². The molecule has 0 aromatic carbocycles. The SMILES string of the molecule is CC1CCCCC1N.Cc1ncc2cncc(-c3cnn(C)c3)c2n1. The Morgan fingerprint density at radius 2 is 1.92 bits per heavy atom. The average Bonchev–Trinajstić information content (AvgIpc) is 3.04. The Labute approximate surface area is 148 Å². The molecule has 2 atom stereocenters. The molecule has 2 unspecified atom stereocenters. The topological polar surface area (TPSA) is 82.5 Å². The Morgan fingerprint density at radius 3 is 2.56 bits per heavy atom. The molecule has 1 aliphatic rings. The zero-order valence-corrected chi connectivity index (χ0v) is 15.2. The number of aromatic nitrogens is 5. The number of fused-ring (bicyclic) bond motifs is 1. The summed E-state index contributed by atoms with van der Waals surface area (Å²) in [5.41, 5.74) is 8.70. The molecule has 3 heterocycles. The number of rotatable bonds is 1. The van der Waals surface area contributed by atoms with E-state index in [1.165, 1.54) is 25.7 Å². The minimum Gasteiger partial charge on any atom is -0.327 e. The van der Waals surface area contributed by atoms with Crippen LogP contribution in [-0.4, -0.2) is 30.8 Å². The fraction of sp³-hybridized carbons (Fsp3) is 0.474. The highest BCUT2D eigenvalue weighted by atomic mass is 15.2. The van der Waals surface area contributed by atoms with Crippen LogP contribution >= 0.6 is 0 Å². The van der Waals surface area contributed by atoms with Crippen LogP contribution in [0.1, 0.15) is 38.4 Å². The van der Waals surface area contributed by atoms with Crippen LogP contribution in [0.2, 0.25) is 0 Å². The zero-order valence-electron chi connectivity index (χ0n) is 15.2. The van der Waals surface area contributed by atoms with Gasteiger partial charge < -0.3 is 5.73 Å². The molecule has 6 nitrogen and oxygen atoms in total. The first kappa shape index (κ1) is 17.5. The third-order valence-electron chi connectivity index (χ3n) is 4.80. The van der Waals surface area contributed by atoms with E-state index in [4.69, 9.17) is 5.73 Å². The van der Waals surface area contributed by atoms with E-state index in [1.807, 2.05) is 32.6 Å². The fourth-order valence-corrected chi connectivity index (χ4v) is 3.16. The van der Waals surface area contributed by atoms with Gasteiger partial charge >= 0.3 is 0 Å². The van der Waals surface area contributed by atoms with Crippen LogP contribution in [0.25, 0.3) is 22.0 Å². The molecule has 25 heavy (non-hydrogen) atoms. The average molecular weight is 338 g/mol. The predicted octanol–water partition coefficient (Wildman–Crippen LogP) is 3.26. The van der Waals surface area contributed by atoms with E-state index < -0.39 is 0 Å². The first-order valence-electron chi connectivity index (χ1n) is 8.86. The van der Waals surface area contributed by atoms with Crippen molar-refractivity contribution in [1.82, 2.24) is 24.7 Å². The highest BCUT2D eigenvalue weighted by Crippen LogP contribution is 2.25. The van der Waals surface area contributed by atoms with E-state index in [1.54, 1.807) is 17.1 Å². The molecular weight excluding hydrogens is 312 g/mol. The van der Waals surface area contributed by atoms with Crippen LogP contribution in [0.3, 0.4) is 0 Å². The van der Waals surface area contributed by atoms with Crippen molar-refractivity contribution >= 4 is 10.9 Å². The molecule has 3 aromatic rings. The van der Waals surface area contributed by atoms with Crippen LogP contribution in [-0.2, 0) is 7.05 Å². The monoisotopic (exact) mass is 338 g/mol. The summed E-state index contributed by atoms with van der Waals surface area (Å²) < 4.78 is 1.77. The molecule has 6 heteroatoms. The van der Waals surface area contributed by atoms with Crippen molar-refractivity contribution in [2.75, 3.05) is 0 Å². The van der Waals surface area contributed by atoms with Gasteiger partial charge in [0.25, 0.3) is 0 Å². The molecule has 2 N–H and O–H groups in total. The second kappa shape index (κ2) is 7.70. The molecule has 0 amide bonds. The minimum absolute atomic E-state index is 0.503. The van der Waals surface area contributed by atoms with Crippen molar-refractivity contribution in [2.45, 2.75) is 45.6 Å².